The van der Waals surface area contributed by atoms with Gasteiger partial charge < -0.3 is 24.3 Å². The van der Waals surface area contributed by atoms with Crippen LogP contribution in [0.3, 0.4) is 0 Å². The Labute approximate surface area is 197 Å². The Bertz CT molecular complexity index is 1200. The molecule has 3 N–H and O–H groups in total. The summed E-state index contributed by atoms with van der Waals surface area (Å²) in [5.74, 6) is 0.273. The SMILES string of the molecule is CC(C)OC(=O)C1(NP(=O)(CO[C@H](C)Cn2cnc3c(N)ncnc32)Oc2ccccc2)CC1. The predicted molar refractivity (Wildman–Crippen MR) is 126 cm³/mol. The maximum Gasteiger partial charge on any atom is 0.342 e. The summed E-state index contributed by atoms with van der Waals surface area (Å²) in [4.78, 5) is 25.1. The maximum absolute atomic E-state index is 13.9. The summed E-state index contributed by atoms with van der Waals surface area (Å²) in [6, 6.07) is 8.79. The van der Waals surface area contributed by atoms with Crippen LogP contribution in [0.25, 0.3) is 11.2 Å². The Kier molecular flexibility index (Phi) is 6.88. The fraction of sp³-hybridized carbons (Fsp3) is 0.455. The number of anilines is 1. The molecule has 11 nitrogen and oxygen atoms in total. The molecule has 1 aliphatic carbocycles. The number of carbonyl (C=O) groups excluding carboxylic acids is 1. The maximum atomic E-state index is 13.9. The molecular formula is C22H29N6O5P. The van der Waals surface area contributed by atoms with Crippen LogP contribution in [0.4, 0.5) is 5.82 Å². The molecule has 2 atom stereocenters. The average molecular weight is 488 g/mol. The minimum absolute atomic E-state index is 0.247. The molecule has 3 aromatic rings. The van der Waals surface area contributed by atoms with Gasteiger partial charge in [0.1, 0.15) is 29.5 Å². The lowest BCUT2D eigenvalue weighted by Gasteiger charge is -2.27. The number of nitrogen functional groups attached to an aromatic ring is 1. The number of rotatable bonds is 11. The molecule has 0 radical (unpaired) electrons. The number of nitrogens with one attached hydrogen (secondary N) is 1. The van der Waals surface area contributed by atoms with Crippen molar-refractivity contribution in [2.75, 3.05) is 12.1 Å². The van der Waals surface area contributed by atoms with Crippen molar-refractivity contribution in [2.45, 2.75) is 57.9 Å². The fourth-order valence-corrected chi connectivity index (χ4v) is 5.50. The normalized spacial score (nSPS) is 17.3. The second-order valence-corrected chi connectivity index (χ2v) is 10.7. The van der Waals surface area contributed by atoms with Crippen molar-refractivity contribution in [1.29, 1.82) is 0 Å². The molecule has 1 unspecified atom stereocenters. The molecule has 34 heavy (non-hydrogen) atoms. The van der Waals surface area contributed by atoms with Crippen molar-refractivity contribution in [3.8, 4) is 5.75 Å². The van der Waals surface area contributed by atoms with Gasteiger partial charge in [0.05, 0.1) is 25.1 Å². The van der Waals surface area contributed by atoms with E-state index in [2.05, 4.69) is 20.0 Å². The first-order chi connectivity index (χ1) is 16.2. The lowest BCUT2D eigenvalue weighted by molar-refractivity contribution is -0.150. The van der Waals surface area contributed by atoms with Crippen LogP contribution in [-0.4, -0.2) is 49.6 Å². The van der Waals surface area contributed by atoms with Crippen molar-refractivity contribution in [1.82, 2.24) is 24.6 Å². The summed E-state index contributed by atoms with van der Waals surface area (Å²) in [7, 11) is -3.64. The number of aromatic nitrogens is 4. The van der Waals surface area contributed by atoms with Crippen molar-refractivity contribution < 1.29 is 23.4 Å². The first-order valence-corrected chi connectivity index (χ1v) is 12.9. The summed E-state index contributed by atoms with van der Waals surface area (Å²) >= 11 is 0. The van der Waals surface area contributed by atoms with E-state index in [1.807, 2.05) is 13.0 Å². The van der Waals surface area contributed by atoms with Crippen molar-refractivity contribution in [3.05, 3.63) is 43.0 Å². The van der Waals surface area contributed by atoms with Gasteiger partial charge in [-0.15, -0.1) is 0 Å². The van der Waals surface area contributed by atoms with Crippen molar-refractivity contribution >= 4 is 30.5 Å². The second-order valence-electron chi connectivity index (χ2n) is 8.66. The van der Waals surface area contributed by atoms with Crippen LogP contribution >= 0.6 is 7.52 Å². The molecule has 2 aromatic heterocycles. The number of ether oxygens (including phenoxy) is 2. The number of fused-ring (bicyclic) bond motifs is 1. The zero-order valence-electron chi connectivity index (χ0n) is 19.4. The van der Waals surface area contributed by atoms with E-state index in [1.165, 1.54) is 6.33 Å². The third-order valence-electron chi connectivity index (χ3n) is 5.28. The number of benzene rings is 1. The Balaban J connectivity index is 1.47. The van der Waals surface area contributed by atoms with E-state index in [0.717, 1.165) is 0 Å². The van der Waals surface area contributed by atoms with E-state index in [4.69, 9.17) is 19.7 Å². The summed E-state index contributed by atoms with van der Waals surface area (Å²) in [6.45, 7) is 5.77. The first-order valence-electron chi connectivity index (χ1n) is 11.1. The van der Waals surface area contributed by atoms with E-state index < -0.39 is 19.0 Å². The Hall–Kier alpha value is -3.01. The number of hydrogen-bond donors (Lipinski definition) is 2. The van der Waals surface area contributed by atoms with Gasteiger partial charge in [0, 0.05) is 0 Å². The molecule has 0 spiro atoms. The number of esters is 1. The predicted octanol–water partition coefficient (Wildman–Crippen LogP) is 3.12. The highest BCUT2D eigenvalue weighted by Crippen LogP contribution is 2.51. The number of carbonyl (C=O) groups is 1. The molecule has 0 aliphatic heterocycles. The van der Waals surface area contributed by atoms with Gasteiger partial charge in [0.25, 0.3) is 0 Å². The van der Waals surface area contributed by atoms with Gasteiger partial charge in [0.15, 0.2) is 11.5 Å². The molecule has 0 amide bonds. The first kappa shape index (κ1) is 24.1. The van der Waals surface area contributed by atoms with Gasteiger partial charge >= 0.3 is 13.5 Å². The highest BCUT2D eigenvalue weighted by atomic mass is 31.2. The van der Waals surface area contributed by atoms with E-state index in [1.54, 1.807) is 49.0 Å². The van der Waals surface area contributed by atoms with Crippen LogP contribution < -0.4 is 15.3 Å². The average Bonchev–Trinajstić information content (AvgIpc) is 3.45. The highest BCUT2D eigenvalue weighted by Gasteiger charge is 2.56. The molecular weight excluding hydrogens is 459 g/mol. The van der Waals surface area contributed by atoms with Crippen molar-refractivity contribution in [2.24, 2.45) is 0 Å². The minimum Gasteiger partial charge on any atom is -0.462 e. The molecule has 2 heterocycles. The van der Waals surface area contributed by atoms with Gasteiger partial charge in [-0.05, 0) is 45.7 Å². The molecule has 12 heteroatoms. The van der Waals surface area contributed by atoms with E-state index >= 15 is 0 Å². The Morgan fingerprint density at radius 1 is 1.21 bits per heavy atom. The molecule has 4 rings (SSSR count). The summed E-state index contributed by atoms with van der Waals surface area (Å²) < 4.78 is 32.8. The van der Waals surface area contributed by atoms with Crippen molar-refractivity contribution in [3.63, 3.8) is 0 Å². The minimum atomic E-state index is -3.64. The monoisotopic (exact) mass is 488 g/mol. The second kappa shape index (κ2) is 9.69. The van der Waals surface area contributed by atoms with E-state index in [-0.39, 0.29) is 18.6 Å². The third-order valence-corrected chi connectivity index (χ3v) is 7.04. The third kappa shape index (κ3) is 5.55. The molecule has 182 valence electrons. The van der Waals surface area contributed by atoms with Crippen LogP contribution in [0.2, 0.25) is 0 Å². The molecule has 1 saturated carbocycles. The molecule has 0 saturated heterocycles. The van der Waals surface area contributed by atoms with Gasteiger partial charge in [0.2, 0.25) is 0 Å². The standard InChI is InChI=1S/C22H29N6O5P/c1-15(2)32-21(29)22(9-10-22)27-34(30,33-17-7-5-4-6-8-17)14-31-16(3)11-28-13-26-18-19(23)24-12-25-20(18)28/h4-8,12-13,15-16H,9-11,14H2,1-3H3,(H,27,30)(H2,23,24,25)/t16-,34?/m1/s1. The smallest absolute Gasteiger partial charge is 0.342 e. The van der Waals surface area contributed by atoms with Crippen LogP contribution in [-0.2, 0) is 25.4 Å². The highest BCUT2D eigenvalue weighted by molar-refractivity contribution is 7.57. The Morgan fingerprint density at radius 3 is 2.62 bits per heavy atom. The number of nitrogens with zero attached hydrogens (tertiary/aromatic N) is 4. The van der Waals surface area contributed by atoms with Crippen LogP contribution in [0.5, 0.6) is 5.75 Å². The molecule has 1 aromatic carbocycles. The number of para-hydroxylation sites is 1. The fourth-order valence-electron chi connectivity index (χ4n) is 3.46. The van der Waals surface area contributed by atoms with Gasteiger partial charge in [-0.3, -0.25) is 9.36 Å². The van der Waals surface area contributed by atoms with Gasteiger partial charge in [-0.25, -0.2) is 20.0 Å². The zero-order valence-corrected chi connectivity index (χ0v) is 20.3. The van der Waals surface area contributed by atoms with E-state index in [9.17, 15) is 9.36 Å². The number of nitrogens with two attached hydrogens (primary N) is 1. The summed E-state index contributed by atoms with van der Waals surface area (Å²) in [5, 5.41) is 2.96. The van der Waals surface area contributed by atoms with Gasteiger partial charge in [-0.1, -0.05) is 18.2 Å². The quantitative estimate of drug-likeness (QED) is 0.305. The van der Waals surface area contributed by atoms with Crippen LogP contribution in [0.15, 0.2) is 43.0 Å². The van der Waals surface area contributed by atoms with Crippen LogP contribution in [0, 0.1) is 0 Å². The zero-order chi connectivity index (χ0) is 24.3. The summed E-state index contributed by atoms with van der Waals surface area (Å²) in [5.41, 5.74) is 5.91. The molecule has 0 bridgehead atoms. The topological polar surface area (TPSA) is 143 Å². The molecule has 1 aliphatic rings. The summed E-state index contributed by atoms with van der Waals surface area (Å²) in [6.07, 6.45) is 3.11. The largest absolute Gasteiger partial charge is 0.462 e. The number of imidazole rings is 1. The van der Waals surface area contributed by atoms with Gasteiger partial charge in [-0.2, -0.15) is 0 Å². The lowest BCUT2D eigenvalue weighted by atomic mass is 10.3. The van der Waals surface area contributed by atoms with Crippen LogP contribution in [0.1, 0.15) is 33.6 Å². The number of hydrogen-bond acceptors (Lipinski definition) is 9. The lowest BCUT2D eigenvalue weighted by Crippen LogP contribution is -2.41. The molecule has 1 fully saturated rings. The Morgan fingerprint density at radius 2 is 1.94 bits per heavy atom. The van der Waals surface area contributed by atoms with E-state index in [0.29, 0.717) is 42.1 Å².